The predicted molar refractivity (Wildman–Crippen MR) is 110 cm³/mol. The van der Waals surface area contributed by atoms with Crippen LogP contribution < -0.4 is 0 Å². The molecule has 1 fully saturated rings. The van der Waals surface area contributed by atoms with E-state index in [-0.39, 0.29) is 42.9 Å². The summed E-state index contributed by atoms with van der Waals surface area (Å²) in [5.74, 6) is -0.577. The third-order valence-electron chi connectivity index (χ3n) is 5.17. The van der Waals surface area contributed by atoms with Crippen LogP contribution in [0.2, 0.25) is 0 Å². The molecule has 3 rings (SSSR count). The number of hydrogen-bond donors (Lipinski definition) is 0. The summed E-state index contributed by atoms with van der Waals surface area (Å²) in [5, 5.41) is 11.0. The summed E-state index contributed by atoms with van der Waals surface area (Å²) in [4.78, 5) is 39.8. The highest BCUT2D eigenvalue weighted by Crippen LogP contribution is 2.28. The molecule has 0 atom stereocenters. The Hall–Kier alpha value is -3.20. The number of rotatable bonds is 10. The van der Waals surface area contributed by atoms with E-state index in [1.54, 1.807) is 0 Å². The Balaban J connectivity index is 1.76. The first-order valence-electron chi connectivity index (χ1n) is 9.83. The van der Waals surface area contributed by atoms with Crippen molar-refractivity contribution in [3.05, 3.63) is 64.0 Å². The minimum atomic E-state index is -0.546. The SMILES string of the molecule is COCCN(CC(=O)N(Cc1cccn1C)C1CC1)C(=O)c1cccc([N+](=O)[O-])c1. The molecule has 1 saturated carbocycles. The van der Waals surface area contributed by atoms with Gasteiger partial charge in [0.05, 0.1) is 18.1 Å². The minimum Gasteiger partial charge on any atom is -0.383 e. The maximum atomic E-state index is 13.1. The van der Waals surface area contributed by atoms with Gasteiger partial charge in [0.2, 0.25) is 5.91 Å². The number of aromatic nitrogens is 1. The molecule has 9 nitrogen and oxygen atoms in total. The largest absolute Gasteiger partial charge is 0.383 e. The van der Waals surface area contributed by atoms with Crippen molar-refractivity contribution in [1.82, 2.24) is 14.4 Å². The molecule has 1 aliphatic rings. The molecule has 0 bridgehead atoms. The number of nitrogens with zero attached hydrogens (tertiary/aromatic N) is 4. The van der Waals surface area contributed by atoms with Gasteiger partial charge in [-0.3, -0.25) is 19.7 Å². The molecule has 0 unspecified atom stereocenters. The molecule has 1 aliphatic carbocycles. The molecule has 9 heteroatoms. The van der Waals surface area contributed by atoms with Crippen molar-refractivity contribution in [3.63, 3.8) is 0 Å². The second-order valence-corrected chi connectivity index (χ2v) is 7.39. The Kier molecular flexibility index (Phi) is 6.83. The Morgan fingerprint density at radius 2 is 2.03 bits per heavy atom. The van der Waals surface area contributed by atoms with E-state index in [4.69, 9.17) is 4.74 Å². The van der Waals surface area contributed by atoms with Gasteiger partial charge in [0.15, 0.2) is 0 Å². The van der Waals surface area contributed by atoms with Gasteiger partial charge < -0.3 is 19.1 Å². The van der Waals surface area contributed by atoms with E-state index < -0.39 is 10.8 Å². The number of carbonyl (C=O) groups excluding carboxylic acids is 2. The summed E-state index contributed by atoms with van der Waals surface area (Å²) in [6.45, 7) is 0.851. The summed E-state index contributed by atoms with van der Waals surface area (Å²) >= 11 is 0. The average Bonchev–Trinajstić information content (AvgIpc) is 3.50. The zero-order chi connectivity index (χ0) is 21.7. The smallest absolute Gasteiger partial charge is 0.270 e. The molecule has 1 aromatic heterocycles. The maximum absolute atomic E-state index is 13.1. The lowest BCUT2D eigenvalue weighted by Gasteiger charge is -2.28. The van der Waals surface area contributed by atoms with Gasteiger partial charge in [-0.15, -0.1) is 0 Å². The second kappa shape index (κ2) is 9.53. The fourth-order valence-electron chi connectivity index (χ4n) is 3.29. The molecule has 0 spiro atoms. The molecule has 0 radical (unpaired) electrons. The molecule has 1 heterocycles. The molecule has 0 aliphatic heterocycles. The number of ether oxygens (including phenoxy) is 1. The van der Waals surface area contributed by atoms with Crippen molar-refractivity contribution < 1.29 is 19.2 Å². The topological polar surface area (TPSA) is 97.9 Å². The van der Waals surface area contributed by atoms with E-state index >= 15 is 0 Å². The van der Waals surface area contributed by atoms with Crippen LogP contribution in [0.25, 0.3) is 0 Å². The van der Waals surface area contributed by atoms with Gasteiger partial charge >= 0.3 is 0 Å². The van der Waals surface area contributed by atoms with Crippen LogP contribution in [-0.4, -0.2) is 64.0 Å². The first-order chi connectivity index (χ1) is 14.4. The number of carbonyl (C=O) groups is 2. The molecular formula is C21H26N4O5. The number of nitro groups is 1. The number of aryl methyl sites for hydroxylation is 1. The van der Waals surface area contributed by atoms with E-state index in [0.29, 0.717) is 6.54 Å². The van der Waals surface area contributed by atoms with Gasteiger partial charge in [0, 0.05) is 56.3 Å². The third kappa shape index (κ3) is 5.24. The fourth-order valence-corrected chi connectivity index (χ4v) is 3.29. The Labute approximate surface area is 175 Å². The van der Waals surface area contributed by atoms with Crippen LogP contribution in [0.5, 0.6) is 0 Å². The second-order valence-electron chi connectivity index (χ2n) is 7.39. The molecule has 30 heavy (non-hydrogen) atoms. The zero-order valence-corrected chi connectivity index (χ0v) is 17.2. The Bertz CT molecular complexity index is 922. The first kappa shape index (κ1) is 21.5. The summed E-state index contributed by atoms with van der Waals surface area (Å²) in [6, 6.07) is 9.63. The monoisotopic (exact) mass is 414 g/mol. The van der Waals surface area contributed by atoms with Gasteiger partial charge in [0.25, 0.3) is 11.6 Å². The van der Waals surface area contributed by atoms with Crippen LogP contribution in [0.1, 0.15) is 28.9 Å². The van der Waals surface area contributed by atoms with E-state index in [1.807, 2.05) is 34.8 Å². The summed E-state index contributed by atoms with van der Waals surface area (Å²) < 4.78 is 7.06. The van der Waals surface area contributed by atoms with Crippen molar-refractivity contribution in [2.75, 3.05) is 26.8 Å². The van der Waals surface area contributed by atoms with Crippen molar-refractivity contribution in [1.29, 1.82) is 0 Å². The molecule has 2 amide bonds. The van der Waals surface area contributed by atoms with E-state index in [9.17, 15) is 19.7 Å². The van der Waals surface area contributed by atoms with Gasteiger partial charge in [0.1, 0.15) is 6.54 Å². The number of non-ortho nitro benzene ring substituents is 1. The van der Waals surface area contributed by atoms with Crippen molar-refractivity contribution in [2.24, 2.45) is 7.05 Å². The molecular weight excluding hydrogens is 388 g/mol. The van der Waals surface area contributed by atoms with E-state index in [1.165, 1.54) is 36.3 Å². The van der Waals surface area contributed by atoms with E-state index in [2.05, 4.69) is 0 Å². The highest BCUT2D eigenvalue weighted by molar-refractivity contribution is 5.97. The molecule has 0 saturated heterocycles. The zero-order valence-electron chi connectivity index (χ0n) is 17.2. The highest BCUT2D eigenvalue weighted by atomic mass is 16.6. The lowest BCUT2D eigenvalue weighted by atomic mass is 10.1. The number of methoxy groups -OCH3 is 1. The average molecular weight is 414 g/mol. The summed E-state index contributed by atoms with van der Waals surface area (Å²) in [7, 11) is 3.45. The third-order valence-corrected chi connectivity index (χ3v) is 5.17. The lowest BCUT2D eigenvalue weighted by molar-refractivity contribution is -0.384. The van der Waals surface area contributed by atoms with Crippen LogP contribution >= 0.6 is 0 Å². The van der Waals surface area contributed by atoms with Gasteiger partial charge in [-0.1, -0.05) is 6.07 Å². The van der Waals surface area contributed by atoms with Crippen LogP contribution in [0.4, 0.5) is 5.69 Å². The predicted octanol–water partition coefficient (Wildman–Crippen LogP) is 2.21. The summed E-state index contributed by atoms with van der Waals surface area (Å²) in [6.07, 6.45) is 3.84. The van der Waals surface area contributed by atoms with Gasteiger partial charge in [-0.2, -0.15) is 0 Å². The first-order valence-corrected chi connectivity index (χ1v) is 9.83. The highest BCUT2D eigenvalue weighted by Gasteiger charge is 2.34. The quantitative estimate of drug-likeness (QED) is 0.439. The number of hydrogen-bond acceptors (Lipinski definition) is 5. The minimum absolute atomic E-state index is 0.105. The van der Waals surface area contributed by atoms with E-state index in [0.717, 1.165) is 18.5 Å². The number of nitro benzene ring substituents is 1. The molecule has 1 aromatic carbocycles. The van der Waals surface area contributed by atoms with Crippen molar-refractivity contribution >= 4 is 17.5 Å². The fraction of sp³-hybridized carbons (Fsp3) is 0.429. The molecule has 2 aromatic rings. The standard InChI is InChI=1S/C21H26N4O5/c1-22-10-4-7-19(22)14-24(17-8-9-17)20(26)15-23(11-12-30-2)21(27)16-5-3-6-18(13-16)25(28)29/h3-7,10,13,17H,8-9,11-12,14-15H2,1-2H3. The van der Waals surface area contributed by atoms with Crippen molar-refractivity contribution in [3.8, 4) is 0 Å². The molecule has 0 N–H and O–H groups in total. The number of benzene rings is 1. The van der Waals surface area contributed by atoms with Crippen LogP contribution in [0, 0.1) is 10.1 Å². The Morgan fingerprint density at radius 3 is 2.63 bits per heavy atom. The normalized spacial score (nSPS) is 13.1. The van der Waals surface area contributed by atoms with Crippen LogP contribution in [-0.2, 0) is 23.1 Å². The lowest BCUT2D eigenvalue weighted by Crippen LogP contribution is -2.44. The van der Waals surface area contributed by atoms with Crippen molar-refractivity contribution in [2.45, 2.75) is 25.4 Å². The Morgan fingerprint density at radius 1 is 1.27 bits per heavy atom. The van der Waals surface area contributed by atoms with Crippen LogP contribution in [0.3, 0.4) is 0 Å². The van der Waals surface area contributed by atoms with Crippen LogP contribution in [0.15, 0.2) is 42.6 Å². The van der Waals surface area contributed by atoms with Gasteiger partial charge in [-0.05, 0) is 31.0 Å². The molecule has 160 valence electrons. The maximum Gasteiger partial charge on any atom is 0.270 e. The number of amides is 2. The van der Waals surface area contributed by atoms with Gasteiger partial charge in [-0.25, -0.2) is 0 Å². The summed E-state index contributed by atoms with van der Waals surface area (Å²) in [5.41, 5.74) is 1.03.